The number of likely N-dealkylation sites (tertiary alicyclic amines) is 1. The topological polar surface area (TPSA) is 45.5 Å². The third-order valence-corrected chi connectivity index (χ3v) is 4.97. The fourth-order valence-corrected chi connectivity index (χ4v) is 3.46. The number of guanidine groups is 1. The van der Waals surface area contributed by atoms with Gasteiger partial charge in [-0.05, 0) is 31.2 Å². The molecule has 2 atom stereocenters. The van der Waals surface area contributed by atoms with Gasteiger partial charge in [0.25, 0.3) is 0 Å². The third-order valence-electron chi connectivity index (χ3n) is 4.97. The summed E-state index contributed by atoms with van der Waals surface area (Å²) in [5.41, 5.74) is 1.34. The van der Waals surface area contributed by atoms with Crippen molar-refractivity contribution < 1.29 is 0 Å². The van der Waals surface area contributed by atoms with Gasteiger partial charge in [0.15, 0.2) is 5.96 Å². The third kappa shape index (κ3) is 5.46. The average molecular weight is 467 g/mol. The first kappa shape index (κ1) is 20.7. The van der Waals surface area contributed by atoms with Crippen molar-refractivity contribution in [2.45, 2.75) is 32.7 Å². The van der Waals surface area contributed by atoms with E-state index in [1.54, 1.807) is 0 Å². The molecule has 2 heterocycles. The van der Waals surface area contributed by atoms with Crippen LogP contribution in [0.4, 0.5) is 0 Å². The Morgan fingerprint density at radius 1 is 1.31 bits per heavy atom. The standard InChI is InChI=1S/C20H29N5.HI/c1-3-22-20(23-11-9-18-7-5-4-6-8-18)24-13-10-17(2)19(15-24)25-14-12-21-16-25;/h4-8,12,14,16-17,19H,3,9-11,13,15H2,1-2H3,(H,22,23);1H. The number of piperidine rings is 1. The normalized spacial score (nSPS) is 20.5. The molecule has 1 aliphatic heterocycles. The van der Waals surface area contributed by atoms with E-state index in [0.717, 1.165) is 38.6 Å². The molecule has 1 aromatic heterocycles. The van der Waals surface area contributed by atoms with Crippen molar-refractivity contribution in [2.75, 3.05) is 26.2 Å². The molecule has 0 saturated carbocycles. The first-order chi connectivity index (χ1) is 12.3. The van der Waals surface area contributed by atoms with Crippen LogP contribution in [0, 0.1) is 5.92 Å². The lowest BCUT2D eigenvalue weighted by Gasteiger charge is -2.39. The summed E-state index contributed by atoms with van der Waals surface area (Å²) in [5, 5.41) is 3.47. The zero-order valence-electron chi connectivity index (χ0n) is 15.7. The van der Waals surface area contributed by atoms with Gasteiger partial charge in [-0.1, -0.05) is 37.3 Å². The molecular formula is C20H30IN5. The maximum absolute atomic E-state index is 4.88. The van der Waals surface area contributed by atoms with E-state index in [0.29, 0.717) is 12.0 Å². The van der Waals surface area contributed by atoms with Crippen molar-refractivity contribution in [3.05, 3.63) is 54.6 Å². The number of rotatable bonds is 5. The fraction of sp³-hybridized carbons (Fsp3) is 0.500. The van der Waals surface area contributed by atoms with Crippen molar-refractivity contribution in [3.8, 4) is 0 Å². The Hall–Kier alpha value is -1.57. The minimum atomic E-state index is 0. The van der Waals surface area contributed by atoms with E-state index in [1.165, 1.54) is 12.0 Å². The molecule has 2 unspecified atom stereocenters. The number of hydrogen-bond donors (Lipinski definition) is 1. The van der Waals surface area contributed by atoms with Gasteiger partial charge < -0.3 is 14.8 Å². The van der Waals surface area contributed by atoms with E-state index in [4.69, 9.17) is 4.99 Å². The van der Waals surface area contributed by atoms with Crippen molar-refractivity contribution in [2.24, 2.45) is 10.9 Å². The highest BCUT2D eigenvalue weighted by molar-refractivity contribution is 14.0. The van der Waals surface area contributed by atoms with E-state index in [1.807, 2.05) is 12.5 Å². The fourth-order valence-electron chi connectivity index (χ4n) is 3.46. The molecule has 142 valence electrons. The predicted octanol–water partition coefficient (Wildman–Crippen LogP) is 3.59. The molecule has 26 heavy (non-hydrogen) atoms. The maximum atomic E-state index is 4.88. The minimum Gasteiger partial charge on any atom is -0.357 e. The number of nitrogens with one attached hydrogen (secondary N) is 1. The smallest absolute Gasteiger partial charge is 0.193 e. The zero-order valence-corrected chi connectivity index (χ0v) is 18.0. The van der Waals surface area contributed by atoms with Crippen LogP contribution in [0.5, 0.6) is 0 Å². The van der Waals surface area contributed by atoms with Crippen molar-refractivity contribution in [1.29, 1.82) is 0 Å². The average Bonchev–Trinajstić information content (AvgIpc) is 3.17. The molecule has 1 fully saturated rings. The van der Waals surface area contributed by atoms with E-state index in [2.05, 4.69) is 70.1 Å². The Balaban J connectivity index is 0.00000243. The van der Waals surface area contributed by atoms with E-state index < -0.39 is 0 Å². The number of aliphatic imine (C=N–C) groups is 1. The molecule has 2 aromatic rings. The van der Waals surface area contributed by atoms with E-state index in [9.17, 15) is 0 Å². The van der Waals surface area contributed by atoms with Crippen LogP contribution in [0.2, 0.25) is 0 Å². The van der Waals surface area contributed by atoms with Gasteiger partial charge in [0.2, 0.25) is 0 Å². The van der Waals surface area contributed by atoms with Crippen LogP contribution in [-0.2, 0) is 6.42 Å². The lowest BCUT2D eigenvalue weighted by atomic mass is 9.93. The van der Waals surface area contributed by atoms with Crippen LogP contribution < -0.4 is 5.32 Å². The summed E-state index contributed by atoms with van der Waals surface area (Å²) in [6.45, 7) is 8.21. The summed E-state index contributed by atoms with van der Waals surface area (Å²) in [6, 6.07) is 11.0. The molecule has 3 rings (SSSR count). The molecule has 1 aliphatic rings. The van der Waals surface area contributed by atoms with Gasteiger partial charge in [0.1, 0.15) is 0 Å². The summed E-state index contributed by atoms with van der Waals surface area (Å²) in [5.74, 6) is 1.69. The summed E-state index contributed by atoms with van der Waals surface area (Å²) < 4.78 is 2.24. The SMILES string of the molecule is CCNC(=NCCc1ccccc1)N1CCC(C)C(n2ccnc2)C1.I. The van der Waals surface area contributed by atoms with Crippen LogP contribution in [0.25, 0.3) is 0 Å². The molecular weight excluding hydrogens is 437 g/mol. The molecule has 0 aliphatic carbocycles. The van der Waals surface area contributed by atoms with Gasteiger partial charge in [-0.2, -0.15) is 0 Å². The Bertz CT molecular complexity index is 656. The largest absolute Gasteiger partial charge is 0.357 e. The number of aromatic nitrogens is 2. The van der Waals surface area contributed by atoms with E-state index in [-0.39, 0.29) is 24.0 Å². The Kier molecular flexibility index (Phi) is 8.41. The Morgan fingerprint density at radius 2 is 2.12 bits per heavy atom. The zero-order chi connectivity index (χ0) is 17.5. The number of halogens is 1. The second-order valence-corrected chi connectivity index (χ2v) is 6.76. The van der Waals surface area contributed by atoms with Gasteiger partial charge in [0, 0.05) is 38.6 Å². The van der Waals surface area contributed by atoms with Crippen LogP contribution in [0.3, 0.4) is 0 Å². The molecule has 0 spiro atoms. The molecule has 1 N–H and O–H groups in total. The Morgan fingerprint density at radius 3 is 2.81 bits per heavy atom. The van der Waals surface area contributed by atoms with E-state index >= 15 is 0 Å². The summed E-state index contributed by atoms with van der Waals surface area (Å²) >= 11 is 0. The minimum absolute atomic E-state index is 0. The van der Waals surface area contributed by atoms with Gasteiger partial charge in [-0.15, -0.1) is 24.0 Å². The van der Waals surface area contributed by atoms with Crippen LogP contribution in [0.15, 0.2) is 54.0 Å². The number of benzene rings is 1. The van der Waals surface area contributed by atoms with Gasteiger partial charge in [0.05, 0.1) is 12.4 Å². The highest BCUT2D eigenvalue weighted by atomic mass is 127. The summed E-state index contributed by atoms with van der Waals surface area (Å²) in [4.78, 5) is 11.5. The first-order valence-corrected chi connectivity index (χ1v) is 9.32. The van der Waals surface area contributed by atoms with Crippen LogP contribution in [0.1, 0.15) is 31.9 Å². The number of nitrogens with zero attached hydrogens (tertiary/aromatic N) is 4. The van der Waals surface area contributed by atoms with Crippen molar-refractivity contribution >= 4 is 29.9 Å². The van der Waals surface area contributed by atoms with Gasteiger partial charge in [-0.3, -0.25) is 4.99 Å². The van der Waals surface area contributed by atoms with Crippen molar-refractivity contribution in [3.63, 3.8) is 0 Å². The maximum Gasteiger partial charge on any atom is 0.193 e. The molecule has 0 amide bonds. The quantitative estimate of drug-likeness (QED) is 0.416. The summed E-state index contributed by atoms with van der Waals surface area (Å²) in [6.07, 6.45) is 8.02. The highest BCUT2D eigenvalue weighted by Crippen LogP contribution is 2.27. The van der Waals surface area contributed by atoms with Crippen LogP contribution in [-0.4, -0.2) is 46.6 Å². The monoisotopic (exact) mass is 467 g/mol. The lowest BCUT2D eigenvalue weighted by Crippen LogP contribution is -2.49. The molecule has 5 nitrogen and oxygen atoms in total. The second-order valence-electron chi connectivity index (χ2n) is 6.76. The highest BCUT2D eigenvalue weighted by Gasteiger charge is 2.28. The number of hydrogen-bond acceptors (Lipinski definition) is 2. The molecule has 6 heteroatoms. The van der Waals surface area contributed by atoms with Crippen molar-refractivity contribution in [1.82, 2.24) is 19.8 Å². The van der Waals surface area contributed by atoms with Gasteiger partial charge in [-0.25, -0.2) is 4.98 Å². The predicted molar refractivity (Wildman–Crippen MR) is 118 cm³/mol. The molecule has 0 radical (unpaired) electrons. The Labute approximate surface area is 173 Å². The molecule has 1 saturated heterocycles. The first-order valence-electron chi connectivity index (χ1n) is 9.32. The molecule has 1 aromatic carbocycles. The second kappa shape index (κ2) is 10.5. The van der Waals surface area contributed by atoms with Crippen LogP contribution >= 0.6 is 24.0 Å². The van der Waals surface area contributed by atoms with Gasteiger partial charge >= 0.3 is 0 Å². The molecule has 0 bridgehead atoms. The number of imidazole rings is 1. The summed E-state index contributed by atoms with van der Waals surface area (Å²) in [7, 11) is 0. The lowest BCUT2D eigenvalue weighted by molar-refractivity contribution is 0.189.